The van der Waals surface area contributed by atoms with E-state index < -0.39 is 0 Å². The molecule has 4 aromatic carbocycles. The summed E-state index contributed by atoms with van der Waals surface area (Å²) < 4.78 is 15.5. The summed E-state index contributed by atoms with van der Waals surface area (Å²) in [6, 6.07) is 31.3. The Morgan fingerprint density at radius 3 is 2.44 bits per heavy atom. The Bertz CT molecular complexity index is 2200. The fraction of sp³-hybridized carbons (Fsp3) is 0.0857. The number of hydrogen-bond acceptors (Lipinski definition) is 6. The number of aromatic nitrogens is 4. The van der Waals surface area contributed by atoms with Gasteiger partial charge in [0.05, 0.1) is 18.2 Å². The van der Waals surface area contributed by atoms with Gasteiger partial charge in [-0.2, -0.15) is 17.2 Å². The topological polar surface area (TPSA) is 97.2 Å². The normalized spacial score (nSPS) is 11.0. The third kappa shape index (κ3) is 5.47. The number of ether oxygens (including phenoxy) is 2. The van der Waals surface area contributed by atoms with Crippen LogP contribution >= 0.6 is 0 Å². The molecule has 0 fully saturated rings. The second-order valence-electron chi connectivity index (χ2n) is 10.4. The molecule has 0 aliphatic carbocycles. The number of para-hydroxylation sites is 1. The van der Waals surface area contributed by atoms with Crippen molar-refractivity contribution in [1.29, 1.82) is 0 Å². The molecule has 0 aliphatic rings. The minimum Gasteiger partial charge on any atom is -0.509 e. The van der Waals surface area contributed by atoms with Gasteiger partial charge in [0.15, 0.2) is 0 Å². The molecule has 7 rings (SSSR count). The number of hydrogen-bond donors (Lipinski definition) is 0. The standard InChI is InChI=1S/C35H25N5O4.Pt/c1-22-15-26(40(41)42)16-23(2)35(22)24-20-37-38(21-24)25-7-6-8-28(17-25)44-29-11-12-31-30-9-4-5-10-32(30)39(33(31)18-29)34-19-27(43-3)13-14-36-34;/h4-16,19-21H,1-3H3;/q-2;+2. The Morgan fingerprint density at radius 1 is 0.889 bits per heavy atom. The fourth-order valence-electron chi connectivity index (χ4n) is 5.65. The van der Waals surface area contributed by atoms with Crippen LogP contribution in [0.1, 0.15) is 11.1 Å². The van der Waals surface area contributed by atoms with Crippen LogP contribution in [0.4, 0.5) is 5.69 Å². The zero-order chi connectivity index (χ0) is 30.4. The summed E-state index contributed by atoms with van der Waals surface area (Å²) in [6.07, 6.45) is 5.35. The van der Waals surface area contributed by atoms with Crippen LogP contribution in [-0.2, 0) is 21.1 Å². The molecule has 0 amide bonds. The van der Waals surface area contributed by atoms with E-state index >= 15 is 0 Å². The molecule has 0 unspecified atom stereocenters. The molecular formula is C35H25N5O4Pt. The van der Waals surface area contributed by atoms with Crippen LogP contribution in [0, 0.1) is 36.1 Å². The van der Waals surface area contributed by atoms with Crippen molar-refractivity contribution in [1.82, 2.24) is 19.3 Å². The van der Waals surface area contributed by atoms with Crippen LogP contribution in [0.3, 0.4) is 0 Å². The van der Waals surface area contributed by atoms with Crippen molar-refractivity contribution >= 4 is 27.5 Å². The van der Waals surface area contributed by atoms with Gasteiger partial charge < -0.3 is 14.0 Å². The van der Waals surface area contributed by atoms with Crippen molar-refractivity contribution in [2.75, 3.05) is 7.11 Å². The Morgan fingerprint density at radius 2 is 1.67 bits per heavy atom. The molecule has 45 heavy (non-hydrogen) atoms. The van der Waals surface area contributed by atoms with Crippen LogP contribution in [0.2, 0.25) is 0 Å². The number of aryl methyl sites for hydroxylation is 2. The molecule has 0 N–H and O–H groups in total. The summed E-state index contributed by atoms with van der Waals surface area (Å²) in [4.78, 5) is 15.5. The minimum atomic E-state index is -0.377. The molecule has 3 aromatic heterocycles. The number of benzene rings is 4. The SMILES string of the molecule is COc1ccnc(-n2c3[c-]c(Oc4[c-]c(-n5cc(-c6c(C)cc([N+](=O)[O-])cc6C)cn5)ccc4)ccc3c3ccccc32)c1.[Pt+2]. The fourth-order valence-corrected chi connectivity index (χ4v) is 5.65. The molecule has 3 heterocycles. The third-order valence-corrected chi connectivity index (χ3v) is 7.56. The van der Waals surface area contributed by atoms with Gasteiger partial charge in [0, 0.05) is 53.2 Å². The number of methoxy groups -OCH3 is 1. The molecule has 0 bridgehead atoms. The molecule has 9 nitrogen and oxygen atoms in total. The largest absolute Gasteiger partial charge is 2.00 e. The van der Waals surface area contributed by atoms with E-state index in [-0.39, 0.29) is 31.7 Å². The number of pyridine rings is 1. The Hall–Kier alpha value is -5.27. The predicted octanol–water partition coefficient (Wildman–Crippen LogP) is 7.96. The van der Waals surface area contributed by atoms with Crippen LogP contribution in [0.5, 0.6) is 17.2 Å². The Balaban J connectivity index is 0.00000357. The van der Waals surface area contributed by atoms with E-state index in [0.717, 1.165) is 44.1 Å². The molecule has 0 saturated heterocycles. The second-order valence-corrected chi connectivity index (χ2v) is 10.4. The summed E-state index contributed by atoms with van der Waals surface area (Å²) in [5.74, 6) is 2.45. The molecule has 10 heteroatoms. The summed E-state index contributed by atoms with van der Waals surface area (Å²) in [5.41, 5.74) is 5.97. The van der Waals surface area contributed by atoms with Gasteiger partial charge in [0.1, 0.15) is 11.6 Å². The average molecular weight is 775 g/mol. The quantitative estimate of drug-likeness (QED) is 0.0927. The number of nitrogens with zero attached hydrogens (tertiary/aromatic N) is 5. The first-order valence-corrected chi connectivity index (χ1v) is 13.9. The van der Waals surface area contributed by atoms with E-state index in [4.69, 9.17) is 9.47 Å². The molecule has 0 aliphatic heterocycles. The molecular weight excluding hydrogens is 749 g/mol. The van der Waals surface area contributed by atoms with Crippen molar-refractivity contribution < 1.29 is 35.5 Å². The first kappa shape index (κ1) is 29.8. The van der Waals surface area contributed by atoms with Crippen LogP contribution < -0.4 is 9.47 Å². The van der Waals surface area contributed by atoms with Gasteiger partial charge in [-0.25, -0.2) is 4.98 Å². The second kappa shape index (κ2) is 12.0. The summed E-state index contributed by atoms with van der Waals surface area (Å²) >= 11 is 0. The van der Waals surface area contributed by atoms with Gasteiger partial charge in [-0.1, -0.05) is 23.7 Å². The molecule has 0 saturated carbocycles. The minimum absolute atomic E-state index is 0. The van der Waals surface area contributed by atoms with Crippen LogP contribution in [0.15, 0.2) is 97.5 Å². The van der Waals surface area contributed by atoms with Gasteiger partial charge in [-0.3, -0.25) is 14.8 Å². The maximum Gasteiger partial charge on any atom is 2.00 e. The predicted molar refractivity (Wildman–Crippen MR) is 168 cm³/mol. The number of non-ortho nitro benzene ring substituents is 1. The molecule has 7 aromatic rings. The number of nitro benzene ring substituents is 1. The van der Waals surface area contributed by atoms with Gasteiger partial charge in [0.2, 0.25) is 0 Å². The number of rotatable bonds is 7. The van der Waals surface area contributed by atoms with Crippen molar-refractivity contribution in [2.24, 2.45) is 0 Å². The van der Waals surface area contributed by atoms with E-state index in [9.17, 15) is 10.1 Å². The first-order chi connectivity index (χ1) is 21.4. The molecule has 224 valence electrons. The average Bonchev–Trinajstić information content (AvgIpc) is 3.64. The van der Waals surface area contributed by atoms with Gasteiger partial charge in [0.25, 0.3) is 5.69 Å². The maximum absolute atomic E-state index is 11.3. The van der Waals surface area contributed by atoms with Crippen LogP contribution in [-0.4, -0.2) is 31.4 Å². The van der Waals surface area contributed by atoms with E-state index in [0.29, 0.717) is 28.8 Å². The summed E-state index contributed by atoms with van der Waals surface area (Å²) in [7, 11) is 1.63. The van der Waals surface area contributed by atoms with Crippen molar-refractivity contribution in [3.05, 3.63) is 131 Å². The van der Waals surface area contributed by atoms with Gasteiger partial charge in [-0.15, -0.1) is 35.7 Å². The maximum atomic E-state index is 11.3. The summed E-state index contributed by atoms with van der Waals surface area (Å²) in [6.45, 7) is 3.73. The number of nitro groups is 1. The van der Waals surface area contributed by atoms with Gasteiger partial charge >= 0.3 is 21.1 Å². The number of fused-ring (bicyclic) bond motifs is 3. The van der Waals surface area contributed by atoms with Gasteiger partial charge in [-0.05, 0) is 53.7 Å². The van der Waals surface area contributed by atoms with Crippen molar-refractivity contribution in [3.63, 3.8) is 0 Å². The zero-order valence-corrected chi connectivity index (χ0v) is 26.7. The van der Waals surface area contributed by atoms with E-state index in [1.165, 1.54) is 0 Å². The van der Waals surface area contributed by atoms with E-state index in [1.807, 2.05) is 79.2 Å². The Labute approximate surface area is 273 Å². The summed E-state index contributed by atoms with van der Waals surface area (Å²) in [5, 5.41) is 17.9. The van der Waals surface area contributed by atoms with Crippen LogP contribution in [0.25, 0.3) is 44.4 Å². The van der Waals surface area contributed by atoms with Crippen molar-refractivity contribution in [2.45, 2.75) is 13.8 Å². The molecule has 0 radical (unpaired) electrons. The smallest absolute Gasteiger partial charge is 0.509 e. The van der Waals surface area contributed by atoms with E-state index in [1.54, 1.807) is 36.3 Å². The molecule has 0 atom stereocenters. The zero-order valence-electron chi connectivity index (χ0n) is 24.4. The van der Waals surface area contributed by atoms with E-state index in [2.05, 4.69) is 34.3 Å². The molecule has 0 spiro atoms. The first-order valence-electron chi connectivity index (χ1n) is 13.9. The third-order valence-electron chi connectivity index (χ3n) is 7.56. The Kier molecular flexibility index (Phi) is 7.95. The monoisotopic (exact) mass is 774 g/mol. The van der Waals surface area contributed by atoms with Crippen molar-refractivity contribution in [3.8, 4) is 39.9 Å².